The van der Waals surface area contributed by atoms with Crippen LogP contribution in [0.5, 0.6) is 0 Å². The lowest BCUT2D eigenvalue weighted by Gasteiger charge is -2.18. The summed E-state index contributed by atoms with van der Waals surface area (Å²) in [6.45, 7) is 4.73. The molecule has 1 aromatic carbocycles. The van der Waals surface area contributed by atoms with Crippen LogP contribution >= 0.6 is 0 Å². The molecule has 0 aliphatic carbocycles. The molecule has 0 aromatic heterocycles. The van der Waals surface area contributed by atoms with E-state index >= 15 is 0 Å². The highest BCUT2D eigenvalue weighted by Gasteiger charge is 2.40. The fourth-order valence-corrected chi connectivity index (χ4v) is 2.48. The van der Waals surface area contributed by atoms with Crippen LogP contribution in [0, 0.1) is 6.92 Å². The number of rotatable bonds is 7. The van der Waals surface area contributed by atoms with Crippen molar-refractivity contribution in [1.82, 2.24) is 10.2 Å². The molecule has 2 N–H and O–H groups in total. The average Bonchev–Trinajstić information content (AvgIpc) is 2.76. The van der Waals surface area contributed by atoms with Crippen LogP contribution in [-0.4, -0.2) is 47.8 Å². The van der Waals surface area contributed by atoms with Crippen LogP contribution in [0.4, 0.5) is 4.79 Å². The predicted molar refractivity (Wildman–Crippen MR) is 81.3 cm³/mol. The van der Waals surface area contributed by atoms with E-state index in [0.29, 0.717) is 19.6 Å². The number of nitrogens with one attached hydrogen (secondary N) is 1. The number of hydrogen-bond donors (Lipinski definition) is 2. The smallest absolute Gasteiger partial charge is 0.325 e. The summed E-state index contributed by atoms with van der Waals surface area (Å²) in [5, 5.41) is 12.6. The van der Waals surface area contributed by atoms with E-state index in [0.717, 1.165) is 16.0 Å². The quantitative estimate of drug-likeness (QED) is 0.589. The van der Waals surface area contributed by atoms with Crippen molar-refractivity contribution in [3.63, 3.8) is 0 Å². The van der Waals surface area contributed by atoms with Gasteiger partial charge in [0.15, 0.2) is 0 Å². The Bertz CT molecular complexity index is 547. The molecule has 0 saturated carbocycles. The van der Waals surface area contributed by atoms with Gasteiger partial charge in [0.1, 0.15) is 6.04 Å². The van der Waals surface area contributed by atoms with Crippen LogP contribution in [0.1, 0.15) is 30.5 Å². The number of carbonyl (C=O) groups is 2. The van der Waals surface area contributed by atoms with Gasteiger partial charge < -0.3 is 15.2 Å². The summed E-state index contributed by atoms with van der Waals surface area (Å²) in [6.07, 6.45) is -0.392. The molecule has 1 aliphatic heterocycles. The maximum absolute atomic E-state index is 12.4. The van der Waals surface area contributed by atoms with Gasteiger partial charge in [-0.25, -0.2) is 4.79 Å². The second-order valence-electron chi connectivity index (χ2n) is 5.33. The number of β-amino-alcohol motifs (C(OH)–C–C–N with tert-alkyl or cyclic N) is 1. The number of ether oxygens (including phenoxy) is 1. The van der Waals surface area contributed by atoms with Gasteiger partial charge in [-0.05, 0) is 31.4 Å². The zero-order chi connectivity index (χ0) is 16.1. The molecule has 6 heteroatoms. The molecule has 22 heavy (non-hydrogen) atoms. The Kier molecular flexibility index (Phi) is 5.51. The standard InChI is InChI=1S/C16H22N2O4/c1-3-22-9-8-12(19)10-18-15(20)14(17-16(18)21)13-7-5-4-6-11(13)2/h4-7,12,14,19H,3,8-10H2,1-2H3,(H,17,21). The zero-order valence-corrected chi connectivity index (χ0v) is 12.9. The van der Waals surface area contributed by atoms with Gasteiger partial charge in [0.05, 0.1) is 12.6 Å². The van der Waals surface area contributed by atoms with Crippen molar-refractivity contribution >= 4 is 11.9 Å². The van der Waals surface area contributed by atoms with Crippen molar-refractivity contribution in [2.75, 3.05) is 19.8 Å². The van der Waals surface area contributed by atoms with Gasteiger partial charge in [0.25, 0.3) is 5.91 Å². The first-order valence-electron chi connectivity index (χ1n) is 7.47. The summed E-state index contributed by atoms with van der Waals surface area (Å²) < 4.78 is 5.16. The summed E-state index contributed by atoms with van der Waals surface area (Å²) in [5.41, 5.74) is 1.73. The van der Waals surface area contributed by atoms with Crippen molar-refractivity contribution in [1.29, 1.82) is 0 Å². The van der Waals surface area contributed by atoms with Crippen LogP contribution in [0.25, 0.3) is 0 Å². The fourth-order valence-electron chi connectivity index (χ4n) is 2.48. The van der Waals surface area contributed by atoms with Gasteiger partial charge in [-0.3, -0.25) is 9.69 Å². The predicted octanol–water partition coefficient (Wildman–Crippen LogP) is 1.38. The second kappa shape index (κ2) is 7.38. The SMILES string of the molecule is CCOCCC(O)CN1C(=O)NC(c2ccccc2C)C1=O. The maximum Gasteiger partial charge on any atom is 0.325 e. The van der Waals surface area contributed by atoms with E-state index in [1.807, 2.05) is 38.1 Å². The molecule has 2 unspecified atom stereocenters. The minimum Gasteiger partial charge on any atom is -0.391 e. The number of hydrogen-bond acceptors (Lipinski definition) is 4. The third-order valence-electron chi connectivity index (χ3n) is 3.72. The van der Waals surface area contributed by atoms with Crippen LogP contribution in [0.2, 0.25) is 0 Å². The van der Waals surface area contributed by atoms with Crippen LogP contribution in [0.3, 0.4) is 0 Å². The lowest BCUT2D eigenvalue weighted by atomic mass is 10.0. The molecule has 0 spiro atoms. The molecule has 1 aromatic rings. The Morgan fingerprint density at radius 2 is 2.09 bits per heavy atom. The number of amides is 3. The van der Waals surface area contributed by atoms with E-state index in [-0.39, 0.29) is 12.5 Å². The Balaban J connectivity index is 2.01. The van der Waals surface area contributed by atoms with Crippen molar-refractivity contribution < 1.29 is 19.4 Å². The molecule has 2 atom stereocenters. The lowest BCUT2D eigenvalue weighted by Crippen LogP contribution is -2.38. The molecule has 0 bridgehead atoms. The molecule has 0 radical (unpaired) electrons. The summed E-state index contributed by atoms with van der Waals surface area (Å²) in [4.78, 5) is 25.5. The number of imide groups is 1. The molecule has 1 heterocycles. The van der Waals surface area contributed by atoms with Gasteiger partial charge in [0, 0.05) is 13.2 Å². The summed E-state index contributed by atoms with van der Waals surface area (Å²) >= 11 is 0. The number of nitrogens with zero attached hydrogens (tertiary/aromatic N) is 1. The lowest BCUT2D eigenvalue weighted by molar-refractivity contribution is -0.128. The molecule has 120 valence electrons. The van der Waals surface area contributed by atoms with Gasteiger partial charge in [-0.2, -0.15) is 0 Å². The van der Waals surface area contributed by atoms with Gasteiger partial charge in [-0.15, -0.1) is 0 Å². The van der Waals surface area contributed by atoms with Crippen molar-refractivity contribution in [2.24, 2.45) is 0 Å². The first-order valence-corrected chi connectivity index (χ1v) is 7.47. The zero-order valence-electron chi connectivity index (χ0n) is 12.9. The number of benzene rings is 1. The first-order chi connectivity index (χ1) is 10.5. The molecule has 1 fully saturated rings. The average molecular weight is 306 g/mol. The van der Waals surface area contributed by atoms with Gasteiger partial charge in [-0.1, -0.05) is 24.3 Å². The molecule has 2 rings (SSSR count). The summed E-state index contributed by atoms with van der Waals surface area (Å²) in [5.74, 6) is -0.324. The molecule has 6 nitrogen and oxygen atoms in total. The number of aliphatic hydroxyl groups is 1. The monoisotopic (exact) mass is 306 g/mol. The van der Waals surface area contributed by atoms with Crippen molar-refractivity contribution in [3.8, 4) is 0 Å². The van der Waals surface area contributed by atoms with E-state index in [1.165, 1.54) is 0 Å². The van der Waals surface area contributed by atoms with Crippen LogP contribution in [0.15, 0.2) is 24.3 Å². The highest BCUT2D eigenvalue weighted by molar-refractivity contribution is 6.04. The van der Waals surface area contributed by atoms with Crippen molar-refractivity contribution in [3.05, 3.63) is 35.4 Å². The Morgan fingerprint density at radius 3 is 2.77 bits per heavy atom. The van der Waals surface area contributed by atoms with Crippen LogP contribution < -0.4 is 5.32 Å². The van der Waals surface area contributed by atoms with E-state index in [4.69, 9.17) is 4.74 Å². The Hall–Kier alpha value is -1.92. The fraction of sp³-hybridized carbons (Fsp3) is 0.500. The summed E-state index contributed by atoms with van der Waals surface area (Å²) in [6, 6.07) is 6.31. The number of aryl methyl sites for hydroxylation is 1. The maximum atomic E-state index is 12.4. The second-order valence-corrected chi connectivity index (χ2v) is 5.33. The highest BCUT2D eigenvalue weighted by atomic mass is 16.5. The largest absolute Gasteiger partial charge is 0.391 e. The molecular weight excluding hydrogens is 284 g/mol. The number of urea groups is 1. The third-order valence-corrected chi connectivity index (χ3v) is 3.72. The van der Waals surface area contributed by atoms with Gasteiger partial charge >= 0.3 is 6.03 Å². The Labute approximate surface area is 130 Å². The first kappa shape index (κ1) is 16.5. The Morgan fingerprint density at radius 1 is 1.36 bits per heavy atom. The van der Waals surface area contributed by atoms with Crippen molar-refractivity contribution in [2.45, 2.75) is 32.4 Å². The molecular formula is C16H22N2O4. The normalized spacial score (nSPS) is 19.4. The number of aliphatic hydroxyl groups excluding tert-OH is 1. The van der Waals surface area contributed by atoms with E-state index in [1.54, 1.807) is 0 Å². The van der Waals surface area contributed by atoms with Crippen LogP contribution in [-0.2, 0) is 9.53 Å². The summed E-state index contributed by atoms with van der Waals surface area (Å²) in [7, 11) is 0. The topological polar surface area (TPSA) is 78.9 Å². The van der Waals surface area contributed by atoms with E-state index in [9.17, 15) is 14.7 Å². The highest BCUT2D eigenvalue weighted by Crippen LogP contribution is 2.24. The molecule has 3 amide bonds. The van der Waals surface area contributed by atoms with E-state index in [2.05, 4.69) is 5.32 Å². The molecule has 1 saturated heterocycles. The molecule has 1 aliphatic rings. The third kappa shape index (κ3) is 3.64. The number of carbonyl (C=O) groups excluding carboxylic acids is 2. The minimum atomic E-state index is -0.781. The van der Waals surface area contributed by atoms with Gasteiger partial charge in [0.2, 0.25) is 0 Å². The van der Waals surface area contributed by atoms with E-state index < -0.39 is 18.2 Å². The minimum absolute atomic E-state index is 0.0138.